The second-order valence-electron chi connectivity index (χ2n) is 13.1. The summed E-state index contributed by atoms with van der Waals surface area (Å²) < 4.78 is 11.3. The van der Waals surface area contributed by atoms with Gasteiger partial charge >= 0.3 is 12.1 Å². The third-order valence-electron chi connectivity index (χ3n) is 7.02. The maximum absolute atomic E-state index is 13.2. The molecule has 0 bridgehead atoms. The molecule has 4 N–H and O–H groups in total. The van der Waals surface area contributed by atoms with Crippen molar-refractivity contribution in [3.8, 4) is 11.3 Å². The molecule has 0 saturated carbocycles. The van der Waals surface area contributed by atoms with E-state index in [9.17, 15) is 9.59 Å². The standard InChI is InChI=1S/C33H42Cl2N6O4/c1-32(2,3)44-30(42)27-16-22(13-14-41(27)31(43)45-33(4,5)6)37-17-20-9-7-10-21(15-20)26-19-38-28(36)29(40-26)39-18-23-24(34)11-8-12-25(23)35/h7-12,15,19,22,27,37H,13-14,16-18H2,1-6H3,(H2,36,38)(H,39,40). The van der Waals surface area contributed by atoms with Gasteiger partial charge < -0.3 is 25.8 Å². The van der Waals surface area contributed by atoms with Crippen LogP contribution in [-0.2, 0) is 27.4 Å². The van der Waals surface area contributed by atoms with Gasteiger partial charge in [0.15, 0.2) is 11.6 Å². The van der Waals surface area contributed by atoms with Gasteiger partial charge in [0.05, 0.1) is 11.9 Å². The zero-order valence-electron chi connectivity index (χ0n) is 26.6. The lowest BCUT2D eigenvalue weighted by Gasteiger charge is -2.39. The van der Waals surface area contributed by atoms with Gasteiger partial charge in [0.1, 0.15) is 17.2 Å². The highest BCUT2D eigenvalue weighted by Gasteiger charge is 2.40. The lowest BCUT2D eigenvalue weighted by Crippen LogP contribution is -2.56. The highest BCUT2D eigenvalue weighted by atomic mass is 35.5. The number of anilines is 2. The minimum atomic E-state index is -0.756. The molecule has 0 radical (unpaired) electrons. The second-order valence-corrected chi connectivity index (χ2v) is 13.9. The molecule has 242 valence electrons. The fourth-order valence-electron chi connectivity index (χ4n) is 4.93. The quantitative estimate of drug-likeness (QED) is 0.223. The first-order valence-electron chi connectivity index (χ1n) is 14.9. The van der Waals surface area contributed by atoms with Crippen molar-refractivity contribution in [3.05, 3.63) is 69.8 Å². The van der Waals surface area contributed by atoms with Crippen molar-refractivity contribution in [1.29, 1.82) is 0 Å². The molecule has 1 aliphatic heterocycles. The summed E-state index contributed by atoms with van der Waals surface area (Å²) in [4.78, 5) is 36.7. The van der Waals surface area contributed by atoms with E-state index < -0.39 is 29.3 Å². The first-order valence-corrected chi connectivity index (χ1v) is 15.7. The van der Waals surface area contributed by atoms with Gasteiger partial charge in [-0.1, -0.05) is 47.5 Å². The van der Waals surface area contributed by atoms with Crippen molar-refractivity contribution >= 4 is 46.9 Å². The second kappa shape index (κ2) is 14.2. The van der Waals surface area contributed by atoms with Crippen molar-refractivity contribution < 1.29 is 19.1 Å². The molecule has 0 aliphatic carbocycles. The number of esters is 1. The number of amides is 1. The van der Waals surface area contributed by atoms with E-state index in [0.29, 0.717) is 54.0 Å². The predicted molar refractivity (Wildman–Crippen MR) is 178 cm³/mol. The summed E-state index contributed by atoms with van der Waals surface area (Å²) in [5.41, 5.74) is 8.04. The first-order chi connectivity index (χ1) is 21.1. The van der Waals surface area contributed by atoms with Crippen molar-refractivity contribution in [2.45, 2.75) is 90.8 Å². The Morgan fingerprint density at radius 2 is 1.67 bits per heavy atom. The van der Waals surface area contributed by atoms with Crippen LogP contribution in [0, 0.1) is 0 Å². The zero-order valence-corrected chi connectivity index (χ0v) is 28.1. The number of hydrogen-bond acceptors (Lipinski definition) is 9. The average molecular weight is 658 g/mol. The van der Waals surface area contributed by atoms with Crippen molar-refractivity contribution in [1.82, 2.24) is 20.2 Å². The third-order valence-corrected chi connectivity index (χ3v) is 7.73. The van der Waals surface area contributed by atoms with Crippen LogP contribution >= 0.6 is 23.2 Å². The maximum Gasteiger partial charge on any atom is 0.411 e. The van der Waals surface area contributed by atoms with Crippen LogP contribution in [0.3, 0.4) is 0 Å². The molecule has 1 aromatic heterocycles. The van der Waals surface area contributed by atoms with Crippen LogP contribution in [0.1, 0.15) is 65.5 Å². The molecule has 1 saturated heterocycles. The predicted octanol–water partition coefficient (Wildman–Crippen LogP) is 6.84. The van der Waals surface area contributed by atoms with Crippen molar-refractivity contribution in [3.63, 3.8) is 0 Å². The van der Waals surface area contributed by atoms with Crippen molar-refractivity contribution in [2.75, 3.05) is 17.6 Å². The molecule has 2 aromatic carbocycles. The van der Waals surface area contributed by atoms with Crippen LogP contribution in [0.25, 0.3) is 11.3 Å². The molecular formula is C33H42Cl2N6O4. The molecule has 12 heteroatoms. The molecule has 2 atom stereocenters. The summed E-state index contributed by atoms with van der Waals surface area (Å²) in [7, 11) is 0. The number of piperidine rings is 1. The summed E-state index contributed by atoms with van der Waals surface area (Å²) in [5.74, 6) is 0.249. The number of halogens is 2. The average Bonchev–Trinajstić information content (AvgIpc) is 2.95. The smallest absolute Gasteiger partial charge is 0.411 e. The number of likely N-dealkylation sites (tertiary alicyclic amines) is 1. The van der Waals surface area contributed by atoms with Crippen LogP contribution in [0.5, 0.6) is 0 Å². The minimum Gasteiger partial charge on any atom is -0.458 e. The Bertz CT molecular complexity index is 1500. The van der Waals surface area contributed by atoms with E-state index in [1.807, 2.05) is 45.0 Å². The molecule has 1 aliphatic rings. The fourth-order valence-corrected chi connectivity index (χ4v) is 5.46. The number of aromatic nitrogens is 2. The van der Waals surface area contributed by atoms with Gasteiger partial charge in [-0.2, -0.15) is 0 Å². The molecule has 0 spiro atoms. The number of hydrogen-bond donors (Lipinski definition) is 3. The summed E-state index contributed by atoms with van der Waals surface area (Å²) >= 11 is 12.6. The van der Waals surface area contributed by atoms with Gasteiger partial charge in [-0.15, -0.1) is 0 Å². The van der Waals surface area contributed by atoms with Crippen LogP contribution in [0.15, 0.2) is 48.7 Å². The summed E-state index contributed by atoms with van der Waals surface area (Å²) in [6.45, 7) is 12.1. The van der Waals surface area contributed by atoms with Gasteiger partial charge in [0.25, 0.3) is 0 Å². The Balaban J connectivity index is 1.44. The van der Waals surface area contributed by atoms with E-state index in [1.165, 1.54) is 4.90 Å². The Hall–Kier alpha value is -3.60. The number of benzene rings is 2. The van der Waals surface area contributed by atoms with Crippen molar-refractivity contribution in [2.24, 2.45) is 0 Å². The van der Waals surface area contributed by atoms with E-state index in [2.05, 4.69) is 15.6 Å². The van der Waals surface area contributed by atoms with E-state index >= 15 is 0 Å². The number of nitrogens with zero attached hydrogens (tertiary/aromatic N) is 3. The van der Waals surface area contributed by atoms with Gasteiger partial charge in [0.2, 0.25) is 0 Å². The van der Waals surface area contributed by atoms with Gasteiger partial charge in [-0.05, 0) is 78.1 Å². The number of carbonyl (C=O) groups excluding carboxylic acids is 2. The molecular weight excluding hydrogens is 615 g/mol. The van der Waals surface area contributed by atoms with Crippen LogP contribution in [0.4, 0.5) is 16.4 Å². The molecule has 45 heavy (non-hydrogen) atoms. The molecule has 3 aromatic rings. The number of nitrogens with one attached hydrogen (secondary N) is 2. The SMILES string of the molecule is CC(C)(C)OC(=O)C1CC(NCc2cccc(-c3cnc(N)c(NCc4c(Cl)cccc4Cl)n3)c2)CCN1C(=O)OC(C)(C)C. The minimum absolute atomic E-state index is 0.0198. The van der Waals surface area contributed by atoms with Crippen LogP contribution < -0.4 is 16.4 Å². The van der Waals surface area contributed by atoms with Gasteiger partial charge in [-0.3, -0.25) is 4.90 Å². The first kappa shape index (κ1) is 34.3. The fraction of sp³-hybridized carbons (Fsp3) is 0.455. The highest BCUT2D eigenvalue weighted by molar-refractivity contribution is 6.36. The lowest BCUT2D eigenvalue weighted by atomic mass is 9.96. The molecule has 1 fully saturated rings. The maximum atomic E-state index is 13.2. The normalized spacial score (nSPS) is 17.1. The Morgan fingerprint density at radius 1 is 1.00 bits per heavy atom. The van der Waals surface area contributed by atoms with E-state index in [4.69, 9.17) is 43.4 Å². The largest absolute Gasteiger partial charge is 0.458 e. The van der Waals surface area contributed by atoms with Gasteiger partial charge in [-0.25, -0.2) is 19.6 Å². The Kier molecular flexibility index (Phi) is 10.8. The molecule has 2 heterocycles. The van der Waals surface area contributed by atoms with Crippen LogP contribution in [-0.4, -0.2) is 56.8 Å². The number of carbonyl (C=O) groups is 2. The zero-order chi connectivity index (χ0) is 32.9. The summed E-state index contributed by atoms with van der Waals surface area (Å²) in [6.07, 6.45) is 2.18. The third kappa shape index (κ3) is 9.69. The number of ether oxygens (including phenoxy) is 2. The number of nitrogen functional groups attached to an aromatic ring is 1. The Labute approximate surface area is 275 Å². The van der Waals surface area contributed by atoms with E-state index in [0.717, 1.165) is 16.7 Å². The van der Waals surface area contributed by atoms with E-state index in [1.54, 1.807) is 45.2 Å². The lowest BCUT2D eigenvalue weighted by molar-refractivity contribution is -0.162. The molecule has 1 amide bonds. The molecule has 4 rings (SSSR count). The number of rotatable bonds is 8. The monoisotopic (exact) mass is 656 g/mol. The molecule has 10 nitrogen and oxygen atoms in total. The van der Waals surface area contributed by atoms with Crippen LogP contribution in [0.2, 0.25) is 10.0 Å². The summed E-state index contributed by atoms with van der Waals surface area (Å²) in [6, 6.07) is 12.5. The topological polar surface area (TPSA) is 132 Å². The summed E-state index contributed by atoms with van der Waals surface area (Å²) in [5, 5.41) is 7.86. The number of nitrogens with two attached hydrogens (primary N) is 1. The Morgan fingerprint density at radius 3 is 2.33 bits per heavy atom. The van der Waals surface area contributed by atoms with E-state index in [-0.39, 0.29) is 11.9 Å². The highest BCUT2D eigenvalue weighted by Crippen LogP contribution is 2.28. The van der Waals surface area contributed by atoms with Gasteiger partial charge in [0, 0.05) is 46.8 Å². The molecule has 2 unspecified atom stereocenters.